The number of benzene rings is 3. The molecule has 1 aromatic heterocycles. The van der Waals surface area contributed by atoms with E-state index in [2.05, 4.69) is 102 Å². The largest absolute Gasteiger partial charge is 0.494 e. The average molecular weight is 604 g/mol. The number of ether oxygens (including phenoxy) is 3. The lowest BCUT2D eigenvalue weighted by atomic mass is 10.1. The van der Waals surface area contributed by atoms with E-state index < -0.39 is 0 Å². The molecular formula is C39H45N3O3. The van der Waals surface area contributed by atoms with Crippen LogP contribution in [0.2, 0.25) is 0 Å². The van der Waals surface area contributed by atoms with Gasteiger partial charge in [-0.25, -0.2) is 4.98 Å². The summed E-state index contributed by atoms with van der Waals surface area (Å²) in [7, 11) is 0. The van der Waals surface area contributed by atoms with Crippen LogP contribution in [0.3, 0.4) is 0 Å². The Morgan fingerprint density at radius 3 is 2.31 bits per heavy atom. The quantitative estimate of drug-likeness (QED) is 0.144. The van der Waals surface area contributed by atoms with Gasteiger partial charge in [0.25, 0.3) is 0 Å². The zero-order valence-corrected chi connectivity index (χ0v) is 26.9. The Morgan fingerprint density at radius 1 is 0.822 bits per heavy atom. The number of unbranched alkanes of at least 4 members (excludes halogenated alkanes) is 1. The van der Waals surface area contributed by atoms with Gasteiger partial charge in [0.2, 0.25) is 6.79 Å². The molecule has 6 heteroatoms. The van der Waals surface area contributed by atoms with Gasteiger partial charge in [0.05, 0.1) is 18.0 Å². The fraction of sp³-hybridized carbons (Fsp3) is 0.359. The van der Waals surface area contributed by atoms with Gasteiger partial charge in [0.1, 0.15) is 11.6 Å². The minimum atomic E-state index is 0.279. The molecule has 3 aromatic carbocycles. The summed E-state index contributed by atoms with van der Waals surface area (Å²) >= 11 is 0. The van der Waals surface area contributed by atoms with Gasteiger partial charge >= 0.3 is 0 Å². The summed E-state index contributed by atoms with van der Waals surface area (Å²) in [6.45, 7) is 10.7. The van der Waals surface area contributed by atoms with Crippen LogP contribution in [0.5, 0.6) is 17.2 Å². The number of hydrogen-bond acceptors (Lipinski definition) is 5. The van der Waals surface area contributed by atoms with Gasteiger partial charge in [-0.15, -0.1) is 0 Å². The minimum absolute atomic E-state index is 0.279. The molecule has 4 aromatic rings. The van der Waals surface area contributed by atoms with E-state index in [9.17, 15) is 0 Å². The fourth-order valence-electron chi connectivity index (χ4n) is 6.13. The van der Waals surface area contributed by atoms with E-state index in [4.69, 9.17) is 19.2 Å². The lowest BCUT2D eigenvalue weighted by Crippen LogP contribution is -2.25. The first-order chi connectivity index (χ1) is 22.1. The average Bonchev–Trinajstić information content (AvgIpc) is 3.69. The number of fused-ring (bicyclic) bond motifs is 1. The van der Waals surface area contributed by atoms with E-state index >= 15 is 0 Å². The van der Waals surface area contributed by atoms with Crippen molar-refractivity contribution in [3.05, 3.63) is 113 Å². The predicted molar refractivity (Wildman–Crippen MR) is 181 cm³/mol. The highest BCUT2D eigenvalue weighted by atomic mass is 16.7. The third-order valence-corrected chi connectivity index (χ3v) is 8.55. The summed E-state index contributed by atoms with van der Waals surface area (Å²) in [6.07, 6.45) is 12.2. The molecule has 0 saturated carbocycles. The molecule has 0 bridgehead atoms. The van der Waals surface area contributed by atoms with Gasteiger partial charge in [-0.05, 0) is 85.7 Å². The third-order valence-electron chi connectivity index (χ3n) is 8.55. The maximum absolute atomic E-state index is 5.78. The van der Waals surface area contributed by atoms with Crippen molar-refractivity contribution in [2.75, 3.05) is 13.4 Å². The Balaban J connectivity index is 1.42. The highest BCUT2D eigenvalue weighted by Crippen LogP contribution is 2.35. The monoisotopic (exact) mass is 603 g/mol. The van der Waals surface area contributed by atoms with Crippen molar-refractivity contribution in [2.24, 2.45) is 0 Å². The molecule has 0 fully saturated rings. The topological polar surface area (TPSA) is 48.8 Å². The Bertz CT molecular complexity index is 1630. The van der Waals surface area contributed by atoms with E-state index in [0.717, 1.165) is 92.6 Å². The fourth-order valence-corrected chi connectivity index (χ4v) is 6.13. The molecule has 1 aliphatic carbocycles. The van der Waals surface area contributed by atoms with Crippen LogP contribution in [-0.4, -0.2) is 27.9 Å². The van der Waals surface area contributed by atoms with Gasteiger partial charge in [0, 0.05) is 37.3 Å². The van der Waals surface area contributed by atoms with Crippen molar-refractivity contribution >= 4 is 5.57 Å². The third kappa shape index (κ3) is 7.34. The Hall–Kier alpha value is -4.29. The van der Waals surface area contributed by atoms with Gasteiger partial charge in [0.15, 0.2) is 11.5 Å². The lowest BCUT2D eigenvalue weighted by Gasteiger charge is -2.25. The van der Waals surface area contributed by atoms with Gasteiger partial charge < -0.3 is 18.8 Å². The number of allylic oxidation sites excluding steroid dienone is 4. The molecule has 6 rings (SSSR count). The Kier molecular flexibility index (Phi) is 10.0. The summed E-state index contributed by atoms with van der Waals surface area (Å²) in [5.41, 5.74) is 8.47. The smallest absolute Gasteiger partial charge is 0.231 e. The number of rotatable bonds is 14. The number of aryl methyl sites for hydroxylation is 1. The minimum Gasteiger partial charge on any atom is -0.494 e. The first-order valence-corrected chi connectivity index (χ1v) is 16.5. The molecule has 0 unspecified atom stereocenters. The lowest BCUT2D eigenvalue weighted by molar-refractivity contribution is 0.174. The Labute approximate surface area is 268 Å². The molecule has 2 heterocycles. The Morgan fingerprint density at radius 2 is 1.58 bits per heavy atom. The predicted octanol–water partition coefficient (Wildman–Crippen LogP) is 8.98. The van der Waals surface area contributed by atoms with E-state index in [1.165, 1.54) is 28.0 Å². The highest BCUT2D eigenvalue weighted by Gasteiger charge is 2.24. The van der Waals surface area contributed by atoms with Crippen LogP contribution < -0.4 is 14.2 Å². The first kappa shape index (κ1) is 30.7. The molecule has 0 radical (unpaired) electrons. The van der Waals surface area contributed by atoms with E-state index in [1.807, 2.05) is 13.0 Å². The van der Waals surface area contributed by atoms with Crippen molar-refractivity contribution in [1.82, 2.24) is 14.5 Å². The van der Waals surface area contributed by atoms with Crippen LogP contribution in [-0.2, 0) is 32.6 Å². The van der Waals surface area contributed by atoms with E-state index in [1.54, 1.807) is 0 Å². The van der Waals surface area contributed by atoms with Crippen molar-refractivity contribution in [1.29, 1.82) is 0 Å². The molecule has 1 aliphatic heterocycles. The summed E-state index contributed by atoms with van der Waals surface area (Å²) in [4.78, 5) is 7.94. The first-order valence-electron chi connectivity index (χ1n) is 16.5. The molecule has 0 amide bonds. The van der Waals surface area contributed by atoms with E-state index in [-0.39, 0.29) is 6.79 Å². The van der Waals surface area contributed by atoms with Crippen molar-refractivity contribution < 1.29 is 14.2 Å². The van der Waals surface area contributed by atoms with Crippen LogP contribution in [0.4, 0.5) is 0 Å². The van der Waals surface area contributed by atoms with Gasteiger partial charge in [-0.1, -0.05) is 68.8 Å². The second-order valence-corrected chi connectivity index (χ2v) is 11.8. The SMILES string of the molecule is CCCCn1c(C2=CCCC=C2)nc(-c2ccc(OCC)cc2)c1CN(Cc1ccc(CC)cc1)Cc1ccc2c(c1)OCO2. The standard InChI is InChI=1S/C39H45N3O3/c1-4-7-23-42-35(38(32-18-20-34(21-19-32)43-6-3)40-39(42)33-11-9-8-10-12-33)27-41(25-30-15-13-29(5-2)14-16-30)26-31-17-22-36-37(24-31)45-28-44-36/h9,11-22,24H,4-8,10,23,25-28H2,1-3H3. The normalized spacial score (nSPS) is 13.8. The zero-order chi connectivity index (χ0) is 31.0. The number of aromatic nitrogens is 2. The van der Waals surface area contributed by atoms with Crippen molar-refractivity contribution in [3.8, 4) is 28.5 Å². The van der Waals surface area contributed by atoms with E-state index in [0.29, 0.717) is 6.61 Å². The maximum Gasteiger partial charge on any atom is 0.231 e. The molecule has 0 atom stereocenters. The molecular weight excluding hydrogens is 558 g/mol. The van der Waals surface area contributed by atoms with Crippen LogP contribution >= 0.6 is 0 Å². The van der Waals surface area contributed by atoms with Crippen molar-refractivity contribution in [2.45, 2.75) is 79.1 Å². The number of imidazole rings is 1. The molecule has 45 heavy (non-hydrogen) atoms. The summed E-state index contributed by atoms with van der Waals surface area (Å²) in [5.74, 6) is 3.58. The van der Waals surface area contributed by atoms with Crippen LogP contribution in [0, 0.1) is 0 Å². The maximum atomic E-state index is 5.78. The summed E-state index contributed by atoms with van der Waals surface area (Å²) in [6, 6.07) is 23.8. The molecule has 234 valence electrons. The van der Waals surface area contributed by atoms with Crippen LogP contribution in [0.15, 0.2) is 85.0 Å². The molecule has 0 N–H and O–H groups in total. The van der Waals surface area contributed by atoms with Crippen LogP contribution in [0.25, 0.3) is 16.8 Å². The second-order valence-electron chi connectivity index (χ2n) is 11.8. The molecule has 0 spiro atoms. The van der Waals surface area contributed by atoms with Gasteiger partial charge in [-0.2, -0.15) is 0 Å². The summed E-state index contributed by atoms with van der Waals surface area (Å²) < 4.78 is 19.6. The van der Waals surface area contributed by atoms with Crippen LogP contribution in [0.1, 0.15) is 74.7 Å². The highest BCUT2D eigenvalue weighted by molar-refractivity contribution is 5.74. The molecule has 0 saturated heterocycles. The van der Waals surface area contributed by atoms with Crippen molar-refractivity contribution in [3.63, 3.8) is 0 Å². The second kappa shape index (κ2) is 14.7. The zero-order valence-electron chi connectivity index (χ0n) is 26.9. The molecule has 6 nitrogen and oxygen atoms in total. The number of hydrogen-bond donors (Lipinski definition) is 0. The molecule has 2 aliphatic rings. The summed E-state index contributed by atoms with van der Waals surface area (Å²) in [5, 5.41) is 0. The van der Waals surface area contributed by atoms with Gasteiger partial charge in [-0.3, -0.25) is 4.90 Å². The number of nitrogens with zero attached hydrogens (tertiary/aromatic N) is 3.